The molecule has 1 rings (SSSR count). The van der Waals surface area contributed by atoms with E-state index in [4.69, 9.17) is 5.11 Å². The Balaban J connectivity index is 2.88. The lowest BCUT2D eigenvalue weighted by Gasteiger charge is -2.12. The van der Waals surface area contributed by atoms with Crippen LogP contribution in [0.5, 0.6) is 0 Å². The minimum absolute atomic E-state index is 0.105. The standard InChI is InChI=1S/C13H16N2O4S/c1-10(9-20(2,18)19)15-13(17)12-11(6-4-8-16)5-3-7-14-12/h3,5,7,10,16H,8-9H2,1-2H3,(H,15,17). The Kier molecular flexibility index (Phi) is 5.67. The Hall–Kier alpha value is -1.91. The van der Waals surface area contributed by atoms with Crippen LogP contribution in [0.15, 0.2) is 18.3 Å². The van der Waals surface area contributed by atoms with E-state index >= 15 is 0 Å². The normalized spacial score (nSPS) is 12.2. The summed E-state index contributed by atoms with van der Waals surface area (Å²) in [7, 11) is -3.17. The Morgan fingerprint density at radius 2 is 2.25 bits per heavy atom. The van der Waals surface area contributed by atoms with Crippen molar-refractivity contribution in [2.75, 3.05) is 18.6 Å². The second-order valence-corrected chi connectivity index (χ2v) is 6.51. The van der Waals surface area contributed by atoms with E-state index in [1.165, 1.54) is 6.20 Å². The third kappa shape index (κ3) is 5.38. The highest BCUT2D eigenvalue weighted by Crippen LogP contribution is 2.04. The lowest BCUT2D eigenvalue weighted by Crippen LogP contribution is -2.38. The van der Waals surface area contributed by atoms with E-state index in [1.54, 1.807) is 19.1 Å². The van der Waals surface area contributed by atoms with Gasteiger partial charge in [0.15, 0.2) is 0 Å². The molecule has 1 unspecified atom stereocenters. The maximum atomic E-state index is 12.0. The lowest BCUT2D eigenvalue weighted by molar-refractivity contribution is 0.0938. The van der Waals surface area contributed by atoms with Gasteiger partial charge < -0.3 is 10.4 Å². The van der Waals surface area contributed by atoms with Gasteiger partial charge in [0.2, 0.25) is 0 Å². The van der Waals surface area contributed by atoms with Gasteiger partial charge in [0.05, 0.1) is 11.3 Å². The van der Waals surface area contributed by atoms with Gasteiger partial charge in [0.25, 0.3) is 5.91 Å². The molecule has 0 aromatic carbocycles. The Bertz CT molecular complexity index is 644. The number of aromatic nitrogens is 1. The molecule has 0 bridgehead atoms. The molecule has 1 aromatic rings. The number of carbonyl (C=O) groups is 1. The molecule has 0 aliphatic carbocycles. The lowest BCUT2D eigenvalue weighted by atomic mass is 10.2. The Morgan fingerprint density at radius 3 is 2.85 bits per heavy atom. The van der Waals surface area contributed by atoms with Crippen LogP contribution in [0.3, 0.4) is 0 Å². The number of aliphatic hydroxyl groups excluding tert-OH is 1. The van der Waals surface area contributed by atoms with Gasteiger partial charge in [0.1, 0.15) is 22.1 Å². The van der Waals surface area contributed by atoms with Gasteiger partial charge in [-0.05, 0) is 19.1 Å². The molecule has 0 radical (unpaired) electrons. The van der Waals surface area contributed by atoms with Crippen molar-refractivity contribution in [1.29, 1.82) is 0 Å². The topological polar surface area (TPSA) is 96.4 Å². The summed E-state index contributed by atoms with van der Waals surface area (Å²) in [5.41, 5.74) is 0.486. The highest BCUT2D eigenvalue weighted by Gasteiger charge is 2.17. The van der Waals surface area contributed by atoms with E-state index < -0.39 is 21.8 Å². The van der Waals surface area contributed by atoms with Crippen molar-refractivity contribution in [2.24, 2.45) is 0 Å². The summed E-state index contributed by atoms with van der Waals surface area (Å²) in [4.78, 5) is 16.0. The molecular weight excluding hydrogens is 280 g/mol. The summed E-state index contributed by atoms with van der Waals surface area (Å²) in [6, 6.07) is 2.70. The molecule has 20 heavy (non-hydrogen) atoms. The predicted octanol–water partition coefficient (Wildman–Crippen LogP) is -0.412. The van der Waals surface area contributed by atoms with Crippen LogP contribution >= 0.6 is 0 Å². The third-order valence-corrected chi connectivity index (χ3v) is 3.36. The van der Waals surface area contributed by atoms with E-state index in [2.05, 4.69) is 22.1 Å². The molecular formula is C13H16N2O4S. The third-order valence-electron chi connectivity index (χ3n) is 2.26. The molecule has 1 heterocycles. The van der Waals surface area contributed by atoms with E-state index in [9.17, 15) is 13.2 Å². The van der Waals surface area contributed by atoms with Crippen molar-refractivity contribution < 1.29 is 18.3 Å². The van der Waals surface area contributed by atoms with Crippen molar-refractivity contribution in [3.05, 3.63) is 29.6 Å². The molecule has 0 spiro atoms. The number of nitrogens with one attached hydrogen (secondary N) is 1. The second-order valence-electron chi connectivity index (χ2n) is 4.33. The number of hydrogen-bond donors (Lipinski definition) is 2. The van der Waals surface area contributed by atoms with Crippen LogP contribution in [0.2, 0.25) is 0 Å². The first-order chi connectivity index (χ1) is 9.33. The van der Waals surface area contributed by atoms with Crippen molar-refractivity contribution in [1.82, 2.24) is 10.3 Å². The van der Waals surface area contributed by atoms with Gasteiger partial charge in [0, 0.05) is 18.5 Å². The first-order valence-corrected chi connectivity index (χ1v) is 7.93. The van der Waals surface area contributed by atoms with Crippen molar-refractivity contribution >= 4 is 15.7 Å². The summed E-state index contributed by atoms with van der Waals surface area (Å²) in [6.07, 6.45) is 2.55. The Morgan fingerprint density at radius 1 is 1.55 bits per heavy atom. The minimum atomic E-state index is -3.17. The molecule has 108 valence electrons. The smallest absolute Gasteiger partial charge is 0.271 e. The number of rotatable bonds is 4. The molecule has 0 saturated carbocycles. The summed E-state index contributed by atoms with van der Waals surface area (Å²) in [5, 5.41) is 11.2. The van der Waals surface area contributed by atoms with Crippen molar-refractivity contribution in [2.45, 2.75) is 13.0 Å². The number of sulfone groups is 1. The first kappa shape index (κ1) is 16.1. The van der Waals surface area contributed by atoms with Gasteiger partial charge in [-0.2, -0.15) is 0 Å². The van der Waals surface area contributed by atoms with E-state index in [-0.39, 0.29) is 18.1 Å². The quantitative estimate of drug-likeness (QED) is 0.736. The van der Waals surface area contributed by atoms with Crippen molar-refractivity contribution in [3.8, 4) is 11.8 Å². The fourth-order valence-corrected chi connectivity index (χ4v) is 2.60. The van der Waals surface area contributed by atoms with E-state index in [1.807, 2.05) is 0 Å². The summed E-state index contributed by atoms with van der Waals surface area (Å²) in [5.74, 6) is 4.42. The predicted molar refractivity (Wildman–Crippen MR) is 74.8 cm³/mol. The van der Waals surface area contributed by atoms with E-state index in [0.29, 0.717) is 5.56 Å². The fourth-order valence-electron chi connectivity index (χ4n) is 1.61. The fraction of sp³-hybridized carbons (Fsp3) is 0.385. The second kappa shape index (κ2) is 7.03. The molecule has 0 saturated heterocycles. The first-order valence-electron chi connectivity index (χ1n) is 5.87. The summed E-state index contributed by atoms with van der Waals surface area (Å²) in [6.45, 7) is 1.28. The summed E-state index contributed by atoms with van der Waals surface area (Å²) >= 11 is 0. The molecule has 0 aliphatic heterocycles. The van der Waals surface area contributed by atoms with Crippen LogP contribution in [0.4, 0.5) is 0 Å². The van der Waals surface area contributed by atoms with Gasteiger partial charge in [-0.15, -0.1) is 0 Å². The number of hydrogen-bond acceptors (Lipinski definition) is 5. The zero-order chi connectivity index (χ0) is 15.2. The molecule has 1 aromatic heterocycles. The minimum Gasteiger partial charge on any atom is -0.384 e. The largest absolute Gasteiger partial charge is 0.384 e. The zero-order valence-corrected chi connectivity index (χ0v) is 12.1. The molecule has 7 heteroatoms. The van der Waals surface area contributed by atoms with Gasteiger partial charge in [-0.3, -0.25) is 4.79 Å². The number of carbonyl (C=O) groups excluding carboxylic acids is 1. The zero-order valence-electron chi connectivity index (χ0n) is 11.3. The Labute approximate surface area is 118 Å². The number of aliphatic hydroxyl groups is 1. The highest BCUT2D eigenvalue weighted by molar-refractivity contribution is 7.90. The molecule has 0 aliphatic rings. The monoisotopic (exact) mass is 296 g/mol. The average molecular weight is 296 g/mol. The van der Waals surface area contributed by atoms with Crippen LogP contribution in [0.1, 0.15) is 23.0 Å². The number of pyridine rings is 1. The maximum Gasteiger partial charge on any atom is 0.271 e. The molecule has 6 nitrogen and oxygen atoms in total. The number of amides is 1. The maximum absolute atomic E-state index is 12.0. The molecule has 1 amide bonds. The van der Waals surface area contributed by atoms with Crippen LogP contribution in [0, 0.1) is 11.8 Å². The van der Waals surface area contributed by atoms with Crippen LogP contribution < -0.4 is 5.32 Å². The van der Waals surface area contributed by atoms with Gasteiger partial charge in [-0.25, -0.2) is 13.4 Å². The SMILES string of the molecule is CC(CS(C)(=O)=O)NC(=O)c1ncccc1C#CCO. The van der Waals surface area contributed by atoms with Crippen molar-refractivity contribution in [3.63, 3.8) is 0 Å². The van der Waals surface area contributed by atoms with Crippen LogP contribution in [-0.4, -0.2) is 49.1 Å². The van der Waals surface area contributed by atoms with Crippen LogP contribution in [0.25, 0.3) is 0 Å². The average Bonchev–Trinajstić information content (AvgIpc) is 2.34. The molecule has 2 N–H and O–H groups in total. The van der Waals surface area contributed by atoms with Gasteiger partial charge in [-0.1, -0.05) is 11.8 Å². The highest BCUT2D eigenvalue weighted by atomic mass is 32.2. The number of nitrogens with zero attached hydrogens (tertiary/aromatic N) is 1. The van der Waals surface area contributed by atoms with E-state index in [0.717, 1.165) is 6.26 Å². The van der Waals surface area contributed by atoms with Gasteiger partial charge >= 0.3 is 0 Å². The van der Waals surface area contributed by atoms with Crippen LogP contribution in [-0.2, 0) is 9.84 Å². The molecule has 0 fully saturated rings. The molecule has 1 atom stereocenters. The summed E-state index contributed by atoms with van der Waals surface area (Å²) < 4.78 is 22.3.